The summed E-state index contributed by atoms with van der Waals surface area (Å²) in [5.74, 6) is 2.54. The van der Waals surface area contributed by atoms with Crippen molar-refractivity contribution in [3.05, 3.63) is 48.0 Å². The number of anilines is 2. The number of aromatic nitrogens is 2. The predicted octanol–water partition coefficient (Wildman–Crippen LogP) is 4.20. The summed E-state index contributed by atoms with van der Waals surface area (Å²) in [7, 11) is 1.62. The molecule has 8 nitrogen and oxygen atoms in total. The van der Waals surface area contributed by atoms with Crippen LogP contribution in [-0.2, 0) is 11.3 Å². The standard InChI is InChI=1S/C22H24N4O4S2/c1-3-26(13-15-8-9-18-19(12-15)30-11-10-29-18)20(27)14-31-22-25-24-21(32-22)23-16-6-4-5-7-17(16)28-2/h4-9,12H,3,10-11,13-14H2,1-2H3,(H,23,24). The van der Waals surface area contributed by atoms with Crippen molar-refractivity contribution in [1.29, 1.82) is 0 Å². The van der Waals surface area contributed by atoms with Crippen LogP contribution in [0.4, 0.5) is 10.8 Å². The lowest BCUT2D eigenvalue weighted by Gasteiger charge is -2.23. The van der Waals surface area contributed by atoms with E-state index in [0.29, 0.717) is 37.2 Å². The molecule has 168 valence electrons. The molecule has 1 aliphatic rings. The molecule has 0 fully saturated rings. The number of thioether (sulfide) groups is 1. The van der Waals surface area contributed by atoms with Gasteiger partial charge in [0.05, 0.1) is 18.6 Å². The molecule has 2 heterocycles. The fourth-order valence-electron chi connectivity index (χ4n) is 3.18. The predicted molar refractivity (Wildman–Crippen MR) is 125 cm³/mol. The average Bonchev–Trinajstić information content (AvgIpc) is 3.28. The number of benzene rings is 2. The summed E-state index contributed by atoms with van der Waals surface area (Å²) in [6, 6.07) is 13.4. The van der Waals surface area contributed by atoms with Crippen molar-refractivity contribution in [2.75, 3.05) is 37.9 Å². The summed E-state index contributed by atoms with van der Waals surface area (Å²) >= 11 is 2.79. The van der Waals surface area contributed by atoms with E-state index in [-0.39, 0.29) is 5.91 Å². The third-order valence-electron chi connectivity index (χ3n) is 4.79. The first-order valence-electron chi connectivity index (χ1n) is 10.2. The maximum absolute atomic E-state index is 12.8. The Morgan fingerprint density at radius 3 is 2.81 bits per heavy atom. The number of hydrogen-bond donors (Lipinski definition) is 1. The molecule has 0 spiro atoms. The molecule has 2 aromatic carbocycles. The second kappa shape index (κ2) is 10.6. The number of fused-ring (bicyclic) bond motifs is 1. The summed E-state index contributed by atoms with van der Waals surface area (Å²) in [6.07, 6.45) is 0. The fourth-order valence-corrected chi connectivity index (χ4v) is 4.85. The van der Waals surface area contributed by atoms with Crippen LogP contribution in [-0.4, -0.2) is 53.6 Å². The third kappa shape index (κ3) is 5.43. The summed E-state index contributed by atoms with van der Waals surface area (Å²) in [6.45, 7) is 4.21. The largest absolute Gasteiger partial charge is 0.495 e. The van der Waals surface area contributed by atoms with E-state index in [4.69, 9.17) is 14.2 Å². The van der Waals surface area contributed by atoms with Crippen molar-refractivity contribution in [2.45, 2.75) is 17.8 Å². The average molecular weight is 473 g/mol. The minimum absolute atomic E-state index is 0.0434. The summed E-state index contributed by atoms with van der Waals surface area (Å²) in [4.78, 5) is 14.6. The van der Waals surface area contributed by atoms with Crippen molar-refractivity contribution >= 4 is 39.8 Å². The van der Waals surface area contributed by atoms with E-state index in [9.17, 15) is 4.79 Å². The minimum Gasteiger partial charge on any atom is -0.495 e. The van der Waals surface area contributed by atoms with Gasteiger partial charge in [0.2, 0.25) is 11.0 Å². The summed E-state index contributed by atoms with van der Waals surface area (Å²) in [5.41, 5.74) is 1.82. The monoisotopic (exact) mass is 472 g/mol. The lowest BCUT2D eigenvalue weighted by atomic mass is 10.2. The first kappa shape index (κ1) is 22.2. The van der Waals surface area contributed by atoms with Gasteiger partial charge >= 0.3 is 0 Å². The van der Waals surface area contributed by atoms with Crippen LogP contribution in [0.25, 0.3) is 0 Å². The molecule has 3 aromatic rings. The minimum atomic E-state index is 0.0434. The first-order chi connectivity index (χ1) is 15.7. The Labute approximate surface area is 194 Å². The highest BCUT2D eigenvalue weighted by Gasteiger charge is 2.17. The molecule has 0 aliphatic carbocycles. The highest BCUT2D eigenvalue weighted by molar-refractivity contribution is 8.01. The zero-order valence-electron chi connectivity index (χ0n) is 17.9. The van der Waals surface area contributed by atoms with Gasteiger partial charge in [-0.05, 0) is 36.8 Å². The van der Waals surface area contributed by atoms with Crippen molar-refractivity contribution in [1.82, 2.24) is 15.1 Å². The van der Waals surface area contributed by atoms with Crippen molar-refractivity contribution in [3.8, 4) is 17.2 Å². The Balaban J connectivity index is 1.32. The van der Waals surface area contributed by atoms with Crippen LogP contribution in [0.1, 0.15) is 12.5 Å². The number of ether oxygens (including phenoxy) is 3. The third-order valence-corrected chi connectivity index (χ3v) is 6.75. The molecule has 1 N–H and O–H groups in total. The van der Waals surface area contributed by atoms with Crippen LogP contribution in [0, 0.1) is 0 Å². The topological polar surface area (TPSA) is 85.8 Å². The molecule has 1 aromatic heterocycles. The molecule has 4 rings (SSSR count). The van der Waals surface area contributed by atoms with Gasteiger partial charge in [-0.2, -0.15) is 0 Å². The Morgan fingerprint density at radius 1 is 1.19 bits per heavy atom. The van der Waals surface area contributed by atoms with Gasteiger partial charge in [-0.3, -0.25) is 4.79 Å². The summed E-state index contributed by atoms with van der Waals surface area (Å²) < 4.78 is 17.3. The smallest absolute Gasteiger partial charge is 0.233 e. The second-order valence-corrected chi connectivity index (χ2v) is 9.07. The van der Waals surface area contributed by atoms with E-state index < -0.39 is 0 Å². The number of amides is 1. The van der Waals surface area contributed by atoms with Crippen LogP contribution >= 0.6 is 23.1 Å². The van der Waals surface area contributed by atoms with E-state index in [1.54, 1.807) is 7.11 Å². The zero-order chi connectivity index (χ0) is 22.3. The Hall–Kier alpha value is -2.98. The van der Waals surface area contributed by atoms with E-state index in [2.05, 4.69) is 15.5 Å². The van der Waals surface area contributed by atoms with E-state index in [1.807, 2.05) is 54.3 Å². The maximum atomic E-state index is 12.8. The number of hydrogen-bond acceptors (Lipinski definition) is 9. The van der Waals surface area contributed by atoms with Gasteiger partial charge in [-0.25, -0.2) is 0 Å². The van der Waals surface area contributed by atoms with E-state index in [1.165, 1.54) is 23.1 Å². The quantitative estimate of drug-likeness (QED) is 0.464. The Morgan fingerprint density at radius 2 is 2.00 bits per heavy atom. The van der Waals surface area contributed by atoms with Crippen molar-refractivity contribution < 1.29 is 19.0 Å². The van der Waals surface area contributed by atoms with E-state index >= 15 is 0 Å². The van der Waals surface area contributed by atoms with Crippen LogP contribution in [0.3, 0.4) is 0 Å². The normalized spacial score (nSPS) is 12.3. The SMILES string of the molecule is CCN(Cc1ccc2c(c1)OCCO2)C(=O)CSc1nnc(Nc2ccccc2OC)s1. The van der Waals surface area contributed by atoms with Crippen LogP contribution < -0.4 is 19.5 Å². The molecule has 1 amide bonds. The van der Waals surface area contributed by atoms with Gasteiger partial charge in [0.15, 0.2) is 15.8 Å². The lowest BCUT2D eigenvalue weighted by molar-refractivity contribution is -0.128. The van der Waals surface area contributed by atoms with Crippen LogP contribution in [0.2, 0.25) is 0 Å². The summed E-state index contributed by atoms with van der Waals surface area (Å²) in [5, 5.41) is 12.2. The van der Waals surface area contributed by atoms with Gasteiger partial charge in [-0.1, -0.05) is 41.3 Å². The number of nitrogens with zero attached hydrogens (tertiary/aromatic N) is 3. The number of rotatable bonds is 9. The van der Waals surface area contributed by atoms with E-state index in [0.717, 1.165) is 32.8 Å². The molecule has 0 unspecified atom stereocenters. The molecule has 0 radical (unpaired) electrons. The molecule has 0 bridgehead atoms. The van der Waals surface area contributed by atoms with Crippen molar-refractivity contribution in [3.63, 3.8) is 0 Å². The first-order valence-corrected chi connectivity index (χ1v) is 12.0. The Bertz CT molecular complexity index is 1080. The Kier molecular flexibility index (Phi) is 7.33. The van der Waals surface area contributed by atoms with Crippen LogP contribution in [0.5, 0.6) is 17.2 Å². The molecule has 32 heavy (non-hydrogen) atoms. The van der Waals surface area contributed by atoms with Gasteiger partial charge in [0.1, 0.15) is 19.0 Å². The molecule has 10 heteroatoms. The highest BCUT2D eigenvalue weighted by atomic mass is 32.2. The number of carbonyl (C=O) groups is 1. The number of para-hydroxylation sites is 2. The van der Waals surface area contributed by atoms with Gasteiger partial charge in [-0.15, -0.1) is 10.2 Å². The van der Waals surface area contributed by atoms with Gasteiger partial charge < -0.3 is 24.4 Å². The number of carbonyl (C=O) groups excluding carboxylic acids is 1. The van der Waals surface area contributed by atoms with Gasteiger partial charge in [0.25, 0.3) is 0 Å². The molecule has 0 saturated heterocycles. The molecular weight excluding hydrogens is 448 g/mol. The van der Waals surface area contributed by atoms with Crippen molar-refractivity contribution in [2.24, 2.45) is 0 Å². The van der Waals surface area contributed by atoms with Crippen LogP contribution in [0.15, 0.2) is 46.8 Å². The lowest BCUT2D eigenvalue weighted by Crippen LogP contribution is -2.31. The number of nitrogens with one attached hydrogen (secondary N) is 1. The van der Waals surface area contributed by atoms with Gasteiger partial charge in [0, 0.05) is 13.1 Å². The molecule has 0 atom stereocenters. The second-order valence-electron chi connectivity index (χ2n) is 6.87. The molecular formula is C22H24N4O4S2. The molecule has 0 saturated carbocycles. The maximum Gasteiger partial charge on any atom is 0.233 e. The highest BCUT2D eigenvalue weighted by Crippen LogP contribution is 2.33. The fraction of sp³-hybridized carbons (Fsp3) is 0.318. The zero-order valence-corrected chi connectivity index (χ0v) is 19.5. The number of methoxy groups -OCH3 is 1. The molecule has 1 aliphatic heterocycles.